The Bertz CT molecular complexity index is 547. The lowest BCUT2D eigenvalue weighted by Crippen LogP contribution is -2.15. The summed E-state index contributed by atoms with van der Waals surface area (Å²) in [7, 11) is 0. The fraction of sp³-hybridized carbons (Fsp3) is 0.231. The second-order valence-electron chi connectivity index (χ2n) is 4.17. The van der Waals surface area contributed by atoms with Crippen molar-refractivity contribution in [2.45, 2.75) is 19.9 Å². The first-order valence-electron chi connectivity index (χ1n) is 5.78. The summed E-state index contributed by atoms with van der Waals surface area (Å²) in [5.41, 5.74) is 8.06. The first kappa shape index (κ1) is 12.2. The first-order valence-corrected chi connectivity index (χ1v) is 5.78. The Balaban J connectivity index is 1.88. The lowest BCUT2D eigenvalue weighted by Gasteiger charge is -2.07. The number of aromatic nitrogens is 2. The van der Waals surface area contributed by atoms with Crippen LogP contribution in [0.2, 0.25) is 0 Å². The monoisotopic (exact) mass is 244 g/mol. The molecule has 0 saturated carbocycles. The van der Waals surface area contributed by atoms with Crippen molar-refractivity contribution in [1.29, 1.82) is 0 Å². The average molecular weight is 244 g/mol. The Hall–Kier alpha value is -2.30. The van der Waals surface area contributed by atoms with Crippen LogP contribution < -0.4 is 11.1 Å². The fourth-order valence-corrected chi connectivity index (χ4v) is 1.63. The van der Waals surface area contributed by atoms with E-state index in [0.29, 0.717) is 24.3 Å². The van der Waals surface area contributed by atoms with Gasteiger partial charge >= 0.3 is 0 Å². The lowest BCUT2D eigenvalue weighted by molar-refractivity contribution is -0.116. The number of anilines is 2. The average Bonchev–Trinajstić information content (AvgIpc) is 2.76. The van der Waals surface area contributed by atoms with Crippen molar-refractivity contribution >= 4 is 17.3 Å². The zero-order chi connectivity index (χ0) is 13.0. The molecular formula is C13H16N4O. The highest BCUT2D eigenvalue weighted by molar-refractivity contribution is 5.93. The van der Waals surface area contributed by atoms with E-state index in [1.807, 2.05) is 25.3 Å². The lowest BCUT2D eigenvalue weighted by atomic mass is 10.2. The number of aryl methyl sites for hydroxylation is 2. The predicted molar refractivity (Wildman–Crippen MR) is 71.1 cm³/mol. The normalized spacial score (nSPS) is 10.3. The van der Waals surface area contributed by atoms with Crippen LogP contribution in [0, 0.1) is 6.92 Å². The third-order valence-corrected chi connectivity index (χ3v) is 2.57. The number of nitrogens with two attached hydrogens (primary N) is 1. The van der Waals surface area contributed by atoms with Crippen molar-refractivity contribution in [3.63, 3.8) is 0 Å². The molecule has 0 radical (unpaired) electrons. The Kier molecular flexibility index (Phi) is 3.62. The van der Waals surface area contributed by atoms with E-state index >= 15 is 0 Å². The Morgan fingerprint density at radius 2 is 2.22 bits per heavy atom. The molecule has 0 unspecified atom stereocenters. The van der Waals surface area contributed by atoms with E-state index in [2.05, 4.69) is 10.4 Å². The van der Waals surface area contributed by atoms with Crippen LogP contribution in [0.15, 0.2) is 36.7 Å². The highest BCUT2D eigenvalue weighted by Crippen LogP contribution is 2.16. The van der Waals surface area contributed by atoms with Crippen molar-refractivity contribution < 1.29 is 4.79 Å². The number of carbonyl (C=O) groups is 1. The minimum Gasteiger partial charge on any atom is -0.397 e. The van der Waals surface area contributed by atoms with E-state index in [-0.39, 0.29) is 5.91 Å². The van der Waals surface area contributed by atoms with Crippen LogP contribution in [0.3, 0.4) is 0 Å². The number of hydrogen-bond acceptors (Lipinski definition) is 3. The fourth-order valence-electron chi connectivity index (χ4n) is 1.63. The van der Waals surface area contributed by atoms with Crippen LogP contribution in [0.4, 0.5) is 11.4 Å². The van der Waals surface area contributed by atoms with Gasteiger partial charge in [-0.15, -0.1) is 0 Å². The summed E-state index contributed by atoms with van der Waals surface area (Å²) in [6.07, 6.45) is 4.05. The molecule has 0 aliphatic heterocycles. The van der Waals surface area contributed by atoms with Crippen molar-refractivity contribution in [3.8, 4) is 0 Å². The Morgan fingerprint density at radius 3 is 2.89 bits per heavy atom. The van der Waals surface area contributed by atoms with Gasteiger partial charge in [0.1, 0.15) is 0 Å². The van der Waals surface area contributed by atoms with Crippen LogP contribution >= 0.6 is 0 Å². The molecule has 1 aromatic heterocycles. The van der Waals surface area contributed by atoms with Crippen LogP contribution in [0.5, 0.6) is 0 Å². The number of nitrogens with zero attached hydrogens (tertiary/aromatic N) is 2. The topological polar surface area (TPSA) is 72.9 Å². The zero-order valence-electron chi connectivity index (χ0n) is 10.3. The zero-order valence-corrected chi connectivity index (χ0v) is 10.3. The molecular weight excluding hydrogens is 228 g/mol. The number of nitrogen functional groups attached to an aromatic ring is 1. The van der Waals surface area contributed by atoms with Crippen molar-refractivity contribution in [2.24, 2.45) is 0 Å². The quantitative estimate of drug-likeness (QED) is 0.805. The molecule has 0 aliphatic carbocycles. The predicted octanol–water partition coefficient (Wildman–Crippen LogP) is 1.80. The van der Waals surface area contributed by atoms with Crippen LogP contribution in [-0.2, 0) is 11.3 Å². The maximum atomic E-state index is 11.7. The van der Waals surface area contributed by atoms with Gasteiger partial charge in [-0.1, -0.05) is 12.1 Å². The summed E-state index contributed by atoms with van der Waals surface area (Å²) in [5.74, 6) is -0.0685. The molecule has 1 aromatic carbocycles. The molecule has 0 fully saturated rings. The third-order valence-electron chi connectivity index (χ3n) is 2.57. The van der Waals surface area contributed by atoms with Gasteiger partial charge in [0.15, 0.2) is 0 Å². The molecule has 2 aromatic rings. The molecule has 0 bridgehead atoms. The van der Waals surface area contributed by atoms with Gasteiger partial charge in [0.25, 0.3) is 0 Å². The molecule has 5 nitrogen and oxygen atoms in total. The third kappa shape index (κ3) is 3.10. The minimum atomic E-state index is -0.0685. The van der Waals surface area contributed by atoms with Gasteiger partial charge in [-0.3, -0.25) is 9.48 Å². The molecule has 18 heavy (non-hydrogen) atoms. The number of hydrogen-bond donors (Lipinski definition) is 2. The summed E-state index contributed by atoms with van der Waals surface area (Å²) in [6, 6.07) is 7.21. The highest BCUT2D eigenvalue weighted by atomic mass is 16.1. The standard InChI is InChI=1S/C13H16N4O/c1-10-8-15-17(9-10)7-6-13(18)16-12-5-3-2-4-11(12)14/h2-5,8-9H,6-7,14H2,1H3,(H,16,18). The van der Waals surface area contributed by atoms with Crippen LogP contribution in [0.1, 0.15) is 12.0 Å². The summed E-state index contributed by atoms with van der Waals surface area (Å²) in [5, 5.41) is 6.91. The Labute approximate surface area is 106 Å². The Morgan fingerprint density at radius 1 is 1.44 bits per heavy atom. The number of amides is 1. The second-order valence-corrected chi connectivity index (χ2v) is 4.17. The van der Waals surface area contributed by atoms with E-state index in [1.54, 1.807) is 23.0 Å². The van der Waals surface area contributed by atoms with Gasteiger partial charge in [-0.05, 0) is 24.6 Å². The van der Waals surface area contributed by atoms with E-state index in [9.17, 15) is 4.79 Å². The number of nitrogens with one attached hydrogen (secondary N) is 1. The van der Waals surface area contributed by atoms with Gasteiger partial charge < -0.3 is 11.1 Å². The van der Waals surface area contributed by atoms with Crippen LogP contribution in [-0.4, -0.2) is 15.7 Å². The van der Waals surface area contributed by atoms with Crippen molar-refractivity contribution in [2.75, 3.05) is 11.1 Å². The summed E-state index contributed by atoms with van der Waals surface area (Å²) in [6.45, 7) is 2.53. The summed E-state index contributed by atoms with van der Waals surface area (Å²) >= 11 is 0. The van der Waals surface area contributed by atoms with Gasteiger partial charge in [0, 0.05) is 19.2 Å². The molecule has 5 heteroatoms. The minimum absolute atomic E-state index is 0.0685. The van der Waals surface area contributed by atoms with Gasteiger partial charge in [0.2, 0.25) is 5.91 Å². The van der Waals surface area contributed by atoms with Gasteiger partial charge in [-0.25, -0.2) is 0 Å². The second kappa shape index (κ2) is 5.35. The van der Waals surface area contributed by atoms with Crippen molar-refractivity contribution in [1.82, 2.24) is 9.78 Å². The van der Waals surface area contributed by atoms with E-state index in [0.717, 1.165) is 5.56 Å². The van der Waals surface area contributed by atoms with E-state index in [4.69, 9.17) is 5.73 Å². The SMILES string of the molecule is Cc1cnn(CCC(=O)Nc2ccccc2N)c1. The number of rotatable bonds is 4. The molecule has 0 aliphatic rings. The highest BCUT2D eigenvalue weighted by Gasteiger charge is 2.05. The van der Waals surface area contributed by atoms with Gasteiger partial charge in [-0.2, -0.15) is 5.10 Å². The van der Waals surface area contributed by atoms with Crippen molar-refractivity contribution in [3.05, 3.63) is 42.2 Å². The molecule has 1 amide bonds. The molecule has 0 saturated heterocycles. The maximum Gasteiger partial charge on any atom is 0.226 e. The molecule has 94 valence electrons. The summed E-state index contributed by atoms with van der Waals surface area (Å²) < 4.78 is 1.75. The molecule has 0 atom stereocenters. The van der Waals surface area contributed by atoms with E-state index < -0.39 is 0 Å². The van der Waals surface area contributed by atoms with E-state index in [1.165, 1.54) is 0 Å². The number of carbonyl (C=O) groups excluding carboxylic acids is 1. The molecule has 0 spiro atoms. The molecule has 2 rings (SSSR count). The molecule has 1 heterocycles. The molecule has 3 N–H and O–H groups in total. The maximum absolute atomic E-state index is 11.7. The summed E-state index contributed by atoms with van der Waals surface area (Å²) in [4.78, 5) is 11.7. The number of para-hydroxylation sites is 2. The number of benzene rings is 1. The van der Waals surface area contributed by atoms with Crippen LogP contribution in [0.25, 0.3) is 0 Å². The smallest absolute Gasteiger partial charge is 0.226 e. The van der Waals surface area contributed by atoms with Gasteiger partial charge in [0.05, 0.1) is 17.6 Å². The first-order chi connectivity index (χ1) is 8.65. The largest absolute Gasteiger partial charge is 0.397 e.